The number of nitrogens with two attached hydrogens (primary N) is 1. The fraction of sp³-hybridized carbons (Fsp3) is 0.300. The van der Waals surface area contributed by atoms with Gasteiger partial charge in [-0.2, -0.15) is 0 Å². The van der Waals surface area contributed by atoms with Gasteiger partial charge in [0.15, 0.2) is 0 Å². The van der Waals surface area contributed by atoms with Crippen LogP contribution in [0, 0.1) is 6.92 Å². The monoisotopic (exact) mass is 223 g/mol. The maximum absolute atomic E-state index is 11.5. The molecule has 1 rings (SSSR count). The summed E-state index contributed by atoms with van der Waals surface area (Å²) in [7, 11) is 0. The molecule has 0 spiro atoms. The lowest BCUT2D eigenvalue weighted by Gasteiger charge is -2.04. The van der Waals surface area contributed by atoms with Crippen LogP contribution in [0.4, 0.5) is 0 Å². The Morgan fingerprint density at radius 2 is 2.33 bits per heavy atom. The second-order valence-corrected chi connectivity index (χ2v) is 3.66. The van der Waals surface area contributed by atoms with Gasteiger partial charge in [0, 0.05) is 18.7 Å². The van der Waals surface area contributed by atoms with Crippen molar-refractivity contribution >= 4 is 23.1 Å². The zero-order valence-corrected chi connectivity index (χ0v) is 9.30. The predicted octanol–water partition coefficient (Wildman–Crippen LogP) is 0.796. The molecule has 0 aliphatic rings. The van der Waals surface area contributed by atoms with E-state index >= 15 is 0 Å². The van der Waals surface area contributed by atoms with Crippen LogP contribution < -0.4 is 11.1 Å². The highest BCUT2D eigenvalue weighted by molar-refractivity contribution is 7.80. The molecule has 0 unspecified atom stereocenters. The smallest absolute Gasteiger partial charge is 0.269 e. The molecule has 3 N–H and O–H groups in total. The average Bonchev–Trinajstić information content (AvgIpc) is 2.17. The highest BCUT2D eigenvalue weighted by Gasteiger charge is 2.05. The second-order valence-electron chi connectivity index (χ2n) is 3.14. The van der Waals surface area contributed by atoms with Crippen LogP contribution in [0.2, 0.25) is 0 Å². The highest BCUT2D eigenvalue weighted by Crippen LogP contribution is 1.97. The number of thiocarbonyl (C=S) groups is 1. The fourth-order valence-electron chi connectivity index (χ4n) is 1.06. The van der Waals surface area contributed by atoms with E-state index in [0.717, 1.165) is 5.69 Å². The van der Waals surface area contributed by atoms with Crippen LogP contribution in [0.25, 0.3) is 0 Å². The summed E-state index contributed by atoms with van der Waals surface area (Å²) in [6.45, 7) is 2.29. The molecule has 4 nitrogen and oxygen atoms in total. The van der Waals surface area contributed by atoms with Crippen molar-refractivity contribution in [1.82, 2.24) is 10.3 Å². The molecule has 1 amide bonds. The van der Waals surface area contributed by atoms with Crippen LogP contribution in [0.15, 0.2) is 18.2 Å². The Hall–Kier alpha value is -1.49. The number of aryl methyl sites for hydroxylation is 1. The number of hydrogen-bond donors (Lipinski definition) is 2. The van der Waals surface area contributed by atoms with Crippen LogP contribution in [0.1, 0.15) is 22.6 Å². The third-order valence-corrected chi connectivity index (χ3v) is 1.98. The van der Waals surface area contributed by atoms with E-state index in [1.54, 1.807) is 12.1 Å². The van der Waals surface area contributed by atoms with E-state index in [0.29, 0.717) is 23.6 Å². The van der Waals surface area contributed by atoms with E-state index in [9.17, 15) is 4.79 Å². The van der Waals surface area contributed by atoms with Gasteiger partial charge in [-0.1, -0.05) is 18.3 Å². The quantitative estimate of drug-likeness (QED) is 0.741. The molecular weight excluding hydrogens is 210 g/mol. The molecule has 1 heterocycles. The number of hydrogen-bond acceptors (Lipinski definition) is 3. The molecule has 15 heavy (non-hydrogen) atoms. The van der Waals surface area contributed by atoms with Gasteiger partial charge in [-0.25, -0.2) is 4.98 Å². The first kappa shape index (κ1) is 11.6. The summed E-state index contributed by atoms with van der Waals surface area (Å²) in [5, 5.41) is 2.69. The number of aromatic nitrogens is 1. The number of carbonyl (C=O) groups is 1. The van der Waals surface area contributed by atoms with Crippen molar-refractivity contribution in [1.29, 1.82) is 0 Å². The van der Waals surface area contributed by atoms with Gasteiger partial charge in [0.1, 0.15) is 5.69 Å². The number of carbonyl (C=O) groups excluding carboxylic acids is 1. The van der Waals surface area contributed by atoms with Gasteiger partial charge < -0.3 is 11.1 Å². The van der Waals surface area contributed by atoms with Crippen LogP contribution in [0.5, 0.6) is 0 Å². The molecule has 0 atom stereocenters. The van der Waals surface area contributed by atoms with Crippen molar-refractivity contribution in [2.45, 2.75) is 13.3 Å². The number of rotatable bonds is 4. The minimum atomic E-state index is -0.199. The Kier molecular flexibility index (Phi) is 4.17. The molecule has 1 aromatic rings. The highest BCUT2D eigenvalue weighted by atomic mass is 32.1. The van der Waals surface area contributed by atoms with Gasteiger partial charge in [-0.05, 0) is 19.1 Å². The zero-order chi connectivity index (χ0) is 11.3. The molecule has 0 saturated heterocycles. The van der Waals surface area contributed by atoms with Gasteiger partial charge in [0.2, 0.25) is 0 Å². The van der Waals surface area contributed by atoms with E-state index in [4.69, 9.17) is 18.0 Å². The minimum Gasteiger partial charge on any atom is -0.393 e. The first-order chi connectivity index (χ1) is 7.09. The summed E-state index contributed by atoms with van der Waals surface area (Å²) in [6.07, 6.45) is 0.507. The van der Waals surface area contributed by atoms with Crippen molar-refractivity contribution < 1.29 is 4.79 Å². The van der Waals surface area contributed by atoms with Crippen molar-refractivity contribution in [3.05, 3.63) is 29.6 Å². The number of nitrogens with one attached hydrogen (secondary N) is 1. The third kappa shape index (κ3) is 4.03. The van der Waals surface area contributed by atoms with Gasteiger partial charge in [0.05, 0.1) is 4.99 Å². The molecule has 0 fully saturated rings. The summed E-state index contributed by atoms with van der Waals surface area (Å²) < 4.78 is 0. The Bertz CT molecular complexity index is 379. The zero-order valence-electron chi connectivity index (χ0n) is 8.49. The SMILES string of the molecule is Cc1cccc(C(=O)NCCC(N)=S)n1. The van der Waals surface area contributed by atoms with Gasteiger partial charge in [-0.15, -0.1) is 0 Å². The molecule has 0 saturated carbocycles. The Morgan fingerprint density at radius 1 is 1.60 bits per heavy atom. The second kappa shape index (κ2) is 5.41. The molecular formula is C10H13N3OS. The van der Waals surface area contributed by atoms with E-state index in [1.165, 1.54) is 0 Å². The molecule has 0 aliphatic heterocycles. The third-order valence-electron chi connectivity index (χ3n) is 1.78. The van der Waals surface area contributed by atoms with Crippen molar-refractivity contribution in [2.24, 2.45) is 5.73 Å². The van der Waals surface area contributed by atoms with Crippen molar-refractivity contribution in [3.8, 4) is 0 Å². The Labute approximate surface area is 93.9 Å². The van der Waals surface area contributed by atoms with Gasteiger partial charge in [-0.3, -0.25) is 4.79 Å². The van der Waals surface area contributed by atoms with Crippen LogP contribution in [0.3, 0.4) is 0 Å². The lowest BCUT2D eigenvalue weighted by atomic mass is 10.3. The molecule has 0 aliphatic carbocycles. The summed E-state index contributed by atoms with van der Waals surface area (Å²) in [5.41, 5.74) is 6.54. The standard InChI is InChI=1S/C10H13N3OS/c1-7-3-2-4-8(13-7)10(14)12-6-5-9(11)15/h2-4H,5-6H2,1H3,(H2,11,15)(H,12,14). The largest absolute Gasteiger partial charge is 0.393 e. The predicted molar refractivity (Wildman–Crippen MR) is 62.7 cm³/mol. The van der Waals surface area contributed by atoms with E-state index in [2.05, 4.69) is 10.3 Å². The molecule has 1 aromatic heterocycles. The first-order valence-electron chi connectivity index (χ1n) is 4.60. The minimum absolute atomic E-state index is 0.199. The van der Waals surface area contributed by atoms with Crippen LogP contribution >= 0.6 is 12.2 Å². The number of pyridine rings is 1. The summed E-state index contributed by atoms with van der Waals surface area (Å²) in [5.74, 6) is -0.199. The Balaban J connectivity index is 2.50. The van der Waals surface area contributed by atoms with Gasteiger partial charge in [0.25, 0.3) is 5.91 Å². The topological polar surface area (TPSA) is 68.0 Å². The Morgan fingerprint density at radius 3 is 2.93 bits per heavy atom. The molecule has 0 radical (unpaired) electrons. The fourth-order valence-corrected chi connectivity index (χ4v) is 1.16. The molecule has 0 aromatic carbocycles. The number of nitrogens with zero attached hydrogens (tertiary/aromatic N) is 1. The maximum Gasteiger partial charge on any atom is 0.269 e. The van der Waals surface area contributed by atoms with Crippen molar-refractivity contribution in [3.63, 3.8) is 0 Å². The molecule has 80 valence electrons. The van der Waals surface area contributed by atoms with E-state index in [-0.39, 0.29) is 5.91 Å². The van der Waals surface area contributed by atoms with Crippen molar-refractivity contribution in [2.75, 3.05) is 6.54 Å². The average molecular weight is 223 g/mol. The first-order valence-corrected chi connectivity index (χ1v) is 5.00. The number of amides is 1. The maximum atomic E-state index is 11.5. The van der Waals surface area contributed by atoms with Crippen LogP contribution in [-0.4, -0.2) is 22.4 Å². The van der Waals surface area contributed by atoms with Gasteiger partial charge >= 0.3 is 0 Å². The molecule has 0 bridgehead atoms. The van der Waals surface area contributed by atoms with Crippen LogP contribution in [-0.2, 0) is 0 Å². The summed E-state index contributed by atoms with van der Waals surface area (Å²) in [6, 6.07) is 5.31. The molecule has 5 heteroatoms. The van der Waals surface area contributed by atoms with E-state index < -0.39 is 0 Å². The summed E-state index contributed by atoms with van der Waals surface area (Å²) >= 11 is 4.70. The lowest BCUT2D eigenvalue weighted by molar-refractivity contribution is 0.0949. The lowest BCUT2D eigenvalue weighted by Crippen LogP contribution is -2.28. The van der Waals surface area contributed by atoms with E-state index in [1.807, 2.05) is 13.0 Å². The summed E-state index contributed by atoms with van der Waals surface area (Å²) in [4.78, 5) is 16.0. The normalized spacial score (nSPS) is 9.67.